The minimum Gasteiger partial charge on any atom is -0.357 e. The second kappa shape index (κ2) is 10.7. The van der Waals surface area contributed by atoms with Crippen molar-refractivity contribution in [2.75, 3.05) is 19.6 Å². The zero-order valence-electron chi connectivity index (χ0n) is 16.6. The molecule has 0 spiro atoms. The van der Waals surface area contributed by atoms with Gasteiger partial charge in [-0.05, 0) is 39.3 Å². The Balaban J connectivity index is 0.00000625. The van der Waals surface area contributed by atoms with E-state index in [2.05, 4.69) is 20.9 Å². The fourth-order valence-corrected chi connectivity index (χ4v) is 2.36. The molecule has 1 rings (SSSR count). The highest BCUT2D eigenvalue weighted by atomic mass is 127. The van der Waals surface area contributed by atoms with Gasteiger partial charge in [-0.3, -0.25) is 4.79 Å². The Kier molecular flexibility index (Phi) is 10.1. The number of benzene rings is 1. The summed E-state index contributed by atoms with van der Waals surface area (Å²) in [5.74, 6) is 0.176. The highest BCUT2D eigenvalue weighted by Crippen LogP contribution is 2.24. The van der Waals surface area contributed by atoms with E-state index in [-0.39, 0.29) is 47.8 Å². The first-order valence-electron chi connectivity index (χ1n) is 8.63. The molecule has 0 saturated carbocycles. The standard InChI is InChI=1S/C19H31FN4O.HI/c1-7-21-17(22-12-16(25)24-18(2,3)4)23-13-19(5,6)14-10-8-9-11-15(14)20;/h8-11H,7,12-13H2,1-6H3,(H,24,25)(H2,21,22,23);1H. The van der Waals surface area contributed by atoms with Crippen LogP contribution in [-0.4, -0.2) is 37.0 Å². The van der Waals surface area contributed by atoms with Gasteiger partial charge in [-0.15, -0.1) is 24.0 Å². The number of carbonyl (C=O) groups is 1. The summed E-state index contributed by atoms with van der Waals surface area (Å²) in [5.41, 5.74) is -0.0655. The third kappa shape index (κ3) is 8.82. The monoisotopic (exact) mass is 478 g/mol. The van der Waals surface area contributed by atoms with Crippen molar-refractivity contribution in [3.63, 3.8) is 0 Å². The molecule has 0 atom stereocenters. The lowest BCUT2D eigenvalue weighted by molar-refractivity contribution is -0.121. The molecule has 0 heterocycles. The van der Waals surface area contributed by atoms with Crippen LogP contribution in [0.1, 0.15) is 47.1 Å². The number of nitrogens with zero attached hydrogens (tertiary/aromatic N) is 1. The number of rotatable bonds is 6. The lowest BCUT2D eigenvalue weighted by atomic mass is 9.84. The molecule has 7 heteroatoms. The lowest BCUT2D eigenvalue weighted by Crippen LogP contribution is -2.45. The van der Waals surface area contributed by atoms with Gasteiger partial charge in [0.05, 0.1) is 0 Å². The second-order valence-electron chi connectivity index (χ2n) is 7.71. The first kappa shape index (κ1) is 24.6. The molecule has 0 aliphatic heterocycles. The van der Waals surface area contributed by atoms with Crippen molar-refractivity contribution in [2.45, 2.75) is 52.5 Å². The van der Waals surface area contributed by atoms with Crippen molar-refractivity contribution in [2.24, 2.45) is 4.99 Å². The number of amides is 1. The van der Waals surface area contributed by atoms with E-state index < -0.39 is 5.41 Å². The Bertz CT molecular complexity index is 612. The maximum Gasteiger partial charge on any atom is 0.242 e. The van der Waals surface area contributed by atoms with Crippen molar-refractivity contribution < 1.29 is 9.18 Å². The fourth-order valence-electron chi connectivity index (χ4n) is 2.36. The molecular weight excluding hydrogens is 446 g/mol. The Morgan fingerprint density at radius 3 is 2.27 bits per heavy atom. The number of halogens is 2. The lowest BCUT2D eigenvalue weighted by Gasteiger charge is -2.27. The van der Waals surface area contributed by atoms with E-state index in [0.29, 0.717) is 24.6 Å². The minimum atomic E-state index is -0.421. The van der Waals surface area contributed by atoms with Gasteiger partial charge in [0.25, 0.3) is 0 Å². The summed E-state index contributed by atoms with van der Waals surface area (Å²) in [5, 5.41) is 9.17. The summed E-state index contributed by atoms with van der Waals surface area (Å²) in [4.78, 5) is 16.2. The second-order valence-corrected chi connectivity index (χ2v) is 7.71. The van der Waals surface area contributed by atoms with Crippen LogP contribution in [0.4, 0.5) is 4.39 Å². The fraction of sp³-hybridized carbons (Fsp3) is 0.579. The third-order valence-electron chi connectivity index (χ3n) is 3.54. The Morgan fingerprint density at radius 2 is 1.73 bits per heavy atom. The number of aliphatic imine (C=N–C) groups is 1. The van der Waals surface area contributed by atoms with Crippen molar-refractivity contribution >= 4 is 35.8 Å². The number of nitrogens with one attached hydrogen (secondary N) is 3. The average Bonchev–Trinajstić information content (AvgIpc) is 2.48. The van der Waals surface area contributed by atoms with Gasteiger partial charge in [0.1, 0.15) is 12.4 Å². The minimum absolute atomic E-state index is 0. The quantitative estimate of drug-likeness (QED) is 0.334. The van der Waals surface area contributed by atoms with Crippen LogP contribution in [-0.2, 0) is 10.2 Å². The summed E-state index contributed by atoms with van der Waals surface area (Å²) in [6, 6.07) is 6.77. The zero-order valence-corrected chi connectivity index (χ0v) is 18.9. The number of hydrogen-bond donors (Lipinski definition) is 3. The van der Waals surface area contributed by atoms with Crippen LogP contribution in [0.3, 0.4) is 0 Å². The molecular formula is C19H32FIN4O. The molecule has 148 valence electrons. The maximum absolute atomic E-state index is 14.0. The molecule has 0 aliphatic rings. The smallest absolute Gasteiger partial charge is 0.242 e. The molecule has 0 saturated heterocycles. The summed E-state index contributed by atoms with van der Waals surface area (Å²) < 4.78 is 14.0. The summed E-state index contributed by atoms with van der Waals surface area (Å²) in [7, 11) is 0. The van der Waals surface area contributed by atoms with E-state index in [4.69, 9.17) is 0 Å². The summed E-state index contributed by atoms with van der Waals surface area (Å²) >= 11 is 0. The number of hydrogen-bond acceptors (Lipinski definition) is 2. The molecule has 0 fully saturated rings. The van der Waals surface area contributed by atoms with Gasteiger partial charge in [-0.1, -0.05) is 32.0 Å². The highest BCUT2D eigenvalue weighted by Gasteiger charge is 2.24. The van der Waals surface area contributed by atoms with Gasteiger partial charge < -0.3 is 16.0 Å². The van der Waals surface area contributed by atoms with Crippen molar-refractivity contribution in [3.8, 4) is 0 Å². The molecule has 0 unspecified atom stereocenters. The first-order valence-corrected chi connectivity index (χ1v) is 8.63. The van der Waals surface area contributed by atoms with Crippen molar-refractivity contribution in [3.05, 3.63) is 35.6 Å². The molecule has 1 aromatic rings. The Morgan fingerprint density at radius 1 is 1.12 bits per heavy atom. The van der Waals surface area contributed by atoms with Crippen LogP contribution >= 0.6 is 24.0 Å². The molecule has 1 aromatic carbocycles. The van der Waals surface area contributed by atoms with E-state index in [9.17, 15) is 9.18 Å². The number of guanidine groups is 1. The van der Waals surface area contributed by atoms with Crippen LogP contribution < -0.4 is 16.0 Å². The van der Waals surface area contributed by atoms with Crippen LogP contribution in [0.2, 0.25) is 0 Å². The van der Waals surface area contributed by atoms with Gasteiger partial charge in [0.2, 0.25) is 5.91 Å². The highest BCUT2D eigenvalue weighted by molar-refractivity contribution is 14.0. The van der Waals surface area contributed by atoms with Gasteiger partial charge in [0.15, 0.2) is 5.96 Å². The summed E-state index contributed by atoms with van der Waals surface area (Å²) in [6.45, 7) is 12.9. The van der Waals surface area contributed by atoms with E-state index in [1.54, 1.807) is 12.1 Å². The van der Waals surface area contributed by atoms with E-state index in [1.807, 2.05) is 47.6 Å². The van der Waals surface area contributed by atoms with Gasteiger partial charge >= 0.3 is 0 Å². The molecule has 1 amide bonds. The van der Waals surface area contributed by atoms with Gasteiger partial charge in [-0.2, -0.15) is 0 Å². The molecule has 0 bridgehead atoms. The van der Waals surface area contributed by atoms with Gasteiger partial charge in [0, 0.05) is 24.0 Å². The Labute approximate surface area is 173 Å². The Hall–Kier alpha value is -1.38. The molecule has 0 aromatic heterocycles. The predicted molar refractivity (Wildman–Crippen MR) is 117 cm³/mol. The SMILES string of the molecule is CCNC(=NCC(=O)NC(C)(C)C)NCC(C)(C)c1ccccc1F.I. The molecule has 0 aliphatic carbocycles. The zero-order chi connectivity index (χ0) is 19.1. The summed E-state index contributed by atoms with van der Waals surface area (Å²) in [6.07, 6.45) is 0. The molecule has 26 heavy (non-hydrogen) atoms. The van der Waals surface area contributed by atoms with Crippen LogP contribution in [0.25, 0.3) is 0 Å². The molecule has 3 N–H and O–H groups in total. The van der Waals surface area contributed by atoms with Crippen LogP contribution in [0, 0.1) is 5.82 Å². The number of carbonyl (C=O) groups excluding carboxylic acids is 1. The predicted octanol–water partition coefficient (Wildman–Crippen LogP) is 3.19. The normalized spacial score (nSPS) is 12.2. The largest absolute Gasteiger partial charge is 0.357 e. The van der Waals surface area contributed by atoms with E-state index >= 15 is 0 Å². The van der Waals surface area contributed by atoms with Gasteiger partial charge in [-0.25, -0.2) is 9.38 Å². The molecule has 0 radical (unpaired) electrons. The van der Waals surface area contributed by atoms with Crippen LogP contribution in [0.15, 0.2) is 29.3 Å². The average molecular weight is 478 g/mol. The van der Waals surface area contributed by atoms with Crippen molar-refractivity contribution in [1.29, 1.82) is 0 Å². The third-order valence-corrected chi connectivity index (χ3v) is 3.54. The van der Waals surface area contributed by atoms with E-state index in [1.165, 1.54) is 6.07 Å². The van der Waals surface area contributed by atoms with Crippen molar-refractivity contribution in [1.82, 2.24) is 16.0 Å². The van der Waals surface area contributed by atoms with E-state index in [0.717, 1.165) is 0 Å². The maximum atomic E-state index is 14.0. The molecule has 5 nitrogen and oxygen atoms in total. The van der Waals surface area contributed by atoms with Crippen LogP contribution in [0.5, 0.6) is 0 Å². The topological polar surface area (TPSA) is 65.5 Å². The first-order chi connectivity index (χ1) is 11.5.